The lowest BCUT2D eigenvalue weighted by atomic mass is 10.0. The average molecular weight is 363 g/mol. The summed E-state index contributed by atoms with van der Waals surface area (Å²) in [5.74, 6) is -1.31. The molecule has 4 aromatic rings. The van der Waals surface area contributed by atoms with Crippen LogP contribution in [0.25, 0.3) is 27.8 Å². The Kier molecular flexibility index (Phi) is 3.60. The summed E-state index contributed by atoms with van der Waals surface area (Å²) >= 11 is 0. The topological polar surface area (TPSA) is 46.8 Å². The number of hydrogen-bond acceptors (Lipinski definition) is 4. The van der Waals surface area contributed by atoms with Gasteiger partial charge in [0.05, 0.1) is 6.20 Å². The fourth-order valence-electron chi connectivity index (χ4n) is 3.42. The van der Waals surface area contributed by atoms with Crippen molar-refractivity contribution in [2.24, 2.45) is 0 Å². The smallest absolute Gasteiger partial charge is 0.163 e. The summed E-state index contributed by atoms with van der Waals surface area (Å²) in [7, 11) is 0. The number of benzene rings is 1. The lowest BCUT2D eigenvalue weighted by molar-refractivity contribution is 0.574. The van der Waals surface area contributed by atoms with Crippen molar-refractivity contribution in [3.8, 4) is 16.8 Å². The highest BCUT2D eigenvalue weighted by atomic mass is 19.1. The summed E-state index contributed by atoms with van der Waals surface area (Å²) in [6.45, 7) is 2.04. The van der Waals surface area contributed by atoms with Crippen molar-refractivity contribution in [2.45, 2.75) is 6.42 Å². The van der Waals surface area contributed by atoms with Crippen LogP contribution in [-0.4, -0.2) is 32.8 Å². The molecule has 0 atom stereocenters. The number of nitrogens with zero attached hydrogens (tertiary/aromatic N) is 5. The van der Waals surface area contributed by atoms with Gasteiger partial charge in [-0.1, -0.05) is 0 Å². The molecule has 0 amide bonds. The van der Waals surface area contributed by atoms with Crippen molar-refractivity contribution in [1.29, 1.82) is 0 Å². The minimum absolute atomic E-state index is 0.158. The predicted octanol–water partition coefficient (Wildman–Crippen LogP) is 3.97. The van der Waals surface area contributed by atoms with Gasteiger partial charge in [-0.25, -0.2) is 18.4 Å². The van der Waals surface area contributed by atoms with Gasteiger partial charge in [0.2, 0.25) is 0 Å². The molecule has 0 aliphatic carbocycles. The molecule has 4 heterocycles. The van der Waals surface area contributed by atoms with Crippen LogP contribution < -0.4 is 4.90 Å². The van der Waals surface area contributed by atoms with Gasteiger partial charge in [0.15, 0.2) is 11.5 Å². The number of pyridine rings is 2. The van der Waals surface area contributed by atoms with Gasteiger partial charge in [0.25, 0.3) is 0 Å². The van der Waals surface area contributed by atoms with E-state index in [0.717, 1.165) is 41.4 Å². The molecular formula is C20H15F2N5. The molecule has 0 bridgehead atoms. The van der Waals surface area contributed by atoms with Crippen LogP contribution in [0.5, 0.6) is 0 Å². The second-order valence-electron chi connectivity index (χ2n) is 6.48. The molecule has 0 spiro atoms. The van der Waals surface area contributed by atoms with Gasteiger partial charge in [-0.2, -0.15) is 5.10 Å². The maximum Gasteiger partial charge on any atom is 0.163 e. The average Bonchev–Trinajstić information content (AvgIpc) is 3.05. The van der Waals surface area contributed by atoms with E-state index in [-0.39, 0.29) is 5.69 Å². The van der Waals surface area contributed by atoms with E-state index in [0.29, 0.717) is 5.65 Å². The van der Waals surface area contributed by atoms with Crippen LogP contribution in [-0.2, 0) is 0 Å². The quantitative estimate of drug-likeness (QED) is 0.553. The van der Waals surface area contributed by atoms with Gasteiger partial charge in [0.1, 0.15) is 11.5 Å². The fraction of sp³-hybridized carbons (Fsp3) is 0.150. The minimum Gasteiger partial charge on any atom is -0.371 e. The van der Waals surface area contributed by atoms with Crippen LogP contribution in [0.2, 0.25) is 0 Å². The first-order chi connectivity index (χ1) is 13.2. The Hall–Kier alpha value is -3.35. The first kappa shape index (κ1) is 15.9. The molecule has 0 unspecified atom stereocenters. The summed E-state index contributed by atoms with van der Waals surface area (Å²) in [6, 6.07) is 7.33. The standard InChI is InChI=1S/C20H15F2N5/c21-13-2-3-19(17(22)10-13)27-20-16(12-25-27)14(4-7-24-20)15-11-23-6-5-18(15)26-8-1-9-26/h2-7,10-12H,1,8-9H2. The Morgan fingerprint density at radius 1 is 0.889 bits per heavy atom. The molecule has 1 aromatic carbocycles. The van der Waals surface area contributed by atoms with Crippen molar-refractivity contribution >= 4 is 16.7 Å². The molecule has 0 N–H and O–H groups in total. The summed E-state index contributed by atoms with van der Waals surface area (Å²) in [5, 5.41) is 5.10. The van der Waals surface area contributed by atoms with Crippen LogP contribution in [0.1, 0.15) is 6.42 Å². The van der Waals surface area contributed by atoms with Crippen molar-refractivity contribution in [2.75, 3.05) is 18.0 Å². The Morgan fingerprint density at radius 2 is 1.78 bits per heavy atom. The normalized spacial score (nSPS) is 13.8. The molecule has 1 aliphatic heterocycles. The molecule has 7 heteroatoms. The highest BCUT2D eigenvalue weighted by Crippen LogP contribution is 2.36. The Morgan fingerprint density at radius 3 is 2.56 bits per heavy atom. The highest BCUT2D eigenvalue weighted by Gasteiger charge is 2.21. The largest absolute Gasteiger partial charge is 0.371 e. The van der Waals surface area contributed by atoms with Crippen molar-refractivity contribution in [3.05, 3.63) is 66.8 Å². The SMILES string of the molecule is Fc1ccc(-n2ncc3c(-c4cnccc4N4CCC4)ccnc32)c(F)c1. The molecule has 0 radical (unpaired) electrons. The van der Waals surface area contributed by atoms with E-state index in [1.165, 1.54) is 23.2 Å². The van der Waals surface area contributed by atoms with Gasteiger partial charge < -0.3 is 4.90 Å². The number of anilines is 1. The Balaban J connectivity index is 1.70. The van der Waals surface area contributed by atoms with Crippen molar-refractivity contribution < 1.29 is 8.78 Å². The number of aromatic nitrogens is 4. The van der Waals surface area contributed by atoms with Gasteiger partial charge in [-0.3, -0.25) is 4.98 Å². The number of halogens is 2. The van der Waals surface area contributed by atoms with Crippen LogP contribution in [0.4, 0.5) is 14.5 Å². The summed E-state index contributed by atoms with van der Waals surface area (Å²) < 4.78 is 28.9. The van der Waals surface area contributed by atoms with E-state index in [2.05, 4.69) is 20.0 Å². The Bertz CT molecular complexity index is 1150. The molecule has 5 nitrogen and oxygen atoms in total. The van der Waals surface area contributed by atoms with E-state index in [4.69, 9.17) is 0 Å². The van der Waals surface area contributed by atoms with Gasteiger partial charge in [-0.05, 0) is 36.2 Å². The minimum atomic E-state index is -0.685. The molecule has 27 heavy (non-hydrogen) atoms. The first-order valence-electron chi connectivity index (χ1n) is 8.70. The zero-order chi connectivity index (χ0) is 18.4. The van der Waals surface area contributed by atoms with Crippen LogP contribution in [0.3, 0.4) is 0 Å². The molecule has 1 saturated heterocycles. The molecule has 1 aliphatic rings. The third-order valence-electron chi connectivity index (χ3n) is 4.89. The fourth-order valence-corrected chi connectivity index (χ4v) is 3.42. The number of rotatable bonds is 3. The highest BCUT2D eigenvalue weighted by molar-refractivity contribution is 5.96. The van der Waals surface area contributed by atoms with E-state index in [1.54, 1.807) is 18.6 Å². The van der Waals surface area contributed by atoms with Crippen LogP contribution >= 0.6 is 0 Å². The number of hydrogen-bond donors (Lipinski definition) is 0. The van der Waals surface area contributed by atoms with Crippen molar-refractivity contribution in [1.82, 2.24) is 19.7 Å². The first-order valence-corrected chi connectivity index (χ1v) is 8.70. The monoisotopic (exact) mass is 363 g/mol. The van der Waals surface area contributed by atoms with E-state index < -0.39 is 11.6 Å². The summed E-state index contributed by atoms with van der Waals surface area (Å²) in [6.07, 6.45) is 8.12. The molecular weight excluding hydrogens is 348 g/mol. The predicted molar refractivity (Wildman–Crippen MR) is 98.8 cm³/mol. The zero-order valence-electron chi connectivity index (χ0n) is 14.3. The second-order valence-corrected chi connectivity index (χ2v) is 6.48. The van der Waals surface area contributed by atoms with Crippen LogP contribution in [0.15, 0.2) is 55.1 Å². The van der Waals surface area contributed by atoms with Crippen molar-refractivity contribution in [3.63, 3.8) is 0 Å². The van der Waals surface area contributed by atoms with E-state index in [1.807, 2.05) is 18.3 Å². The summed E-state index contributed by atoms with van der Waals surface area (Å²) in [5.41, 5.74) is 3.71. The van der Waals surface area contributed by atoms with Gasteiger partial charge in [-0.15, -0.1) is 0 Å². The van der Waals surface area contributed by atoms with Gasteiger partial charge in [0, 0.05) is 54.4 Å². The van der Waals surface area contributed by atoms with Crippen LogP contribution in [0, 0.1) is 11.6 Å². The molecule has 1 fully saturated rings. The lowest BCUT2D eigenvalue weighted by Crippen LogP contribution is -2.37. The third kappa shape index (κ3) is 2.54. The third-order valence-corrected chi connectivity index (χ3v) is 4.89. The maximum atomic E-state index is 14.2. The number of fused-ring (bicyclic) bond motifs is 1. The van der Waals surface area contributed by atoms with Gasteiger partial charge >= 0.3 is 0 Å². The lowest BCUT2D eigenvalue weighted by Gasteiger charge is -2.34. The molecule has 5 rings (SSSR count). The summed E-state index contributed by atoms with van der Waals surface area (Å²) in [4.78, 5) is 11.0. The maximum absolute atomic E-state index is 14.2. The molecule has 3 aromatic heterocycles. The second kappa shape index (κ2) is 6.12. The zero-order valence-corrected chi connectivity index (χ0v) is 14.3. The van der Waals surface area contributed by atoms with E-state index in [9.17, 15) is 8.78 Å². The van der Waals surface area contributed by atoms with E-state index >= 15 is 0 Å². The molecule has 134 valence electrons. The molecule has 0 saturated carbocycles. The Labute approximate surface area is 153 Å².